The first-order valence-corrected chi connectivity index (χ1v) is 15.9. The van der Waals surface area contributed by atoms with Crippen molar-refractivity contribution >= 4 is 39.8 Å². The van der Waals surface area contributed by atoms with Crippen LogP contribution in [0.3, 0.4) is 0 Å². The number of aromatic nitrogens is 1. The lowest BCUT2D eigenvalue weighted by Gasteiger charge is -2.26. The number of nitrogens with zero attached hydrogens (tertiary/aromatic N) is 2. The molecule has 0 radical (unpaired) electrons. The van der Waals surface area contributed by atoms with Gasteiger partial charge in [-0.2, -0.15) is 0 Å². The van der Waals surface area contributed by atoms with Gasteiger partial charge < -0.3 is 19.5 Å². The van der Waals surface area contributed by atoms with Crippen molar-refractivity contribution < 1.29 is 19.0 Å². The third kappa shape index (κ3) is 5.93. The van der Waals surface area contributed by atoms with Crippen molar-refractivity contribution in [1.82, 2.24) is 4.57 Å². The molecule has 2 heterocycles. The fraction of sp³-hybridized carbons (Fsp3) is 0.216. The number of benzene rings is 4. The van der Waals surface area contributed by atoms with Gasteiger partial charge in [0.15, 0.2) is 4.80 Å². The van der Waals surface area contributed by atoms with E-state index in [2.05, 4.69) is 19.2 Å². The normalized spacial score (nSPS) is 14.7. The summed E-state index contributed by atoms with van der Waals surface area (Å²) >= 11 is 1.29. The Morgan fingerprint density at radius 1 is 0.957 bits per heavy atom. The van der Waals surface area contributed by atoms with Gasteiger partial charge in [-0.3, -0.25) is 14.2 Å². The number of para-hydroxylation sites is 1. The number of hydrogen-bond donors (Lipinski definition) is 1. The topological polar surface area (TPSA) is 91.2 Å². The second-order valence-electron chi connectivity index (χ2n) is 11.4. The molecular formula is C37H35N3O5S. The van der Waals surface area contributed by atoms with Crippen LogP contribution in [-0.4, -0.2) is 31.3 Å². The zero-order valence-corrected chi connectivity index (χ0v) is 27.2. The van der Waals surface area contributed by atoms with E-state index in [1.807, 2.05) is 78.9 Å². The standard InChI is InChI=1S/C37H35N3O5S/c1-22(2)21-45-30-18-15-24(27-13-9-10-14-28(27)30)19-32-36(42)40-34(29-17-16-26(43-4)20-31(29)44-5)33(23(3)38-37(40)46-32)35(41)39-25-11-7-6-8-12-25/h6-20,22,34H,21H2,1-5H3,(H,39,41)/b32-19-/t34-/m1/s1. The van der Waals surface area contributed by atoms with Gasteiger partial charge in [-0.1, -0.05) is 73.7 Å². The number of hydrogen-bond acceptors (Lipinski definition) is 7. The van der Waals surface area contributed by atoms with Crippen molar-refractivity contribution in [3.63, 3.8) is 0 Å². The fourth-order valence-corrected chi connectivity index (χ4v) is 6.65. The molecule has 0 saturated heterocycles. The molecule has 0 aliphatic carbocycles. The molecule has 5 aromatic rings. The Morgan fingerprint density at radius 3 is 2.41 bits per heavy atom. The van der Waals surface area contributed by atoms with Gasteiger partial charge in [0.05, 0.1) is 36.6 Å². The lowest BCUT2D eigenvalue weighted by Crippen LogP contribution is -2.40. The predicted octanol–water partition coefficient (Wildman–Crippen LogP) is 6.08. The smallest absolute Gasteiger partial charge is 0.271 e. The summed E-state index contributed by atoms with van der Waals surface area (Å²) in [6.45, 7) is 6.63. The molecule has 1 aromatic heterocycles. The number of allylic oxidation sites excluding steroid dienone is 1. The molecule has 0 unspecified atom stereocenters. The van der Waals surface area contributed by atoms with Crippen LogP contribution in [0.5, 0.6) is 17.2 Å². The summed E-state index contributed by atoms with van der Waals surface area (Å²) in [6, 6.07) is 25.7. The molecule has 0 bridgehead atoms. The molecule has 1 atom stereocenters. The number of methoxy groups -OCH3 is 2. The Labute approximate surface area is 270 Å². The van der Waals surface area contributed by atoms with Crippen molar-refractivity contribution in [1.29, 1.82) is 0 Å². The Bertz CT molecular complexity index is 2150. The second kappa shape index (κ2) is 13.1. The average molecular weight is 634 g/mol. The highest BCUT2D eigenvalue weighted by Gasteiger charge is 2.34. The maximum Gasteiger partial charge on any atom is 0.271 e. The van der Waals surface area contributed by atoms with Gasteiger partial charge in [0.2, 0.25) is 0 Å². The molecule has 234 valence electrons. The summed E-state index contributed by atoms with van der Waals surface area (Å²) in [5.74, 6) is 1.92. The summed E-state index contributed by atoms with van der Waals surface area (Å²) < 4.78 is 19.4. The molecule has 9 heteroatoms. The zero-order chi connectivity index (χ0) is 32.4. The minimum atomic E-state index is -0.800. The number of amides is 1. The lowest BCUT2D eigenvalue weighted by molar-refractivity contribution is -0.113. The first-order chi connectivity index (χ1) is 22.3. The van der Waals surface area contributed by atoms with E-state index in [1.165, 1.54) is 11.3 Å². The maximum atomic E-state index is 14.4. The molecule has 1 N–H and O–H groups in total. The fourth-order valence-electron chi connectivity index (χ4n) is 5.61. The molecule has 0 saturated carbocycles. The van der Waals surface area contributed by atoms with Crippen molar-refractivity contribution in [3.05, 3.63) is 127 Å². The predicted molar refractivity (Wildman–Crippen MR) is 183 cm³/mol. The molecule has 0 spiro atoms. The first kappa shape index (κ1) is 30.9. The number of carbonyl (C=O) groups is 1. The second-order valence-corrected chi connectivity index (χ2v) is 12.4. The van der Waals surface area contributed by atoms with Crippen molar-refractivity contribution in [2.24, 2.45) is 10.9 Å². The van der Waals surface area contributed by atoms with Crippen molar-refractivity contribution in [2.45, 2.75) is 26.8 Å². The molecule has 1 aliphatic rings. The molecule has 1 aliphatic heterocycles. The van der Waals surface area contributed by atoms with Crippen LogP contribution < -0.4 is 34.4 Å². The number of carbonyl (C=O) groups excluding carboxylic acids is 1. The monoisotopic (exact) mass is 633 g/mol. The number of rotatable bonds is 9. The number of anilines is 1. The molecule has 46 heavy (non-hydrogen) atoms. The first-order valence-electron chi connectivity index (χ1n) is 15.0. The third-order valence-corrected chi connectivity index (χ3v) is 8.79. The SMILES string of the molecule is COc1ccc([C@@H]2C(C(=O)Nc3ccccc3)=C(C)N=c3s/c(=C\c4ccc(OCC(C)C)c5ccccc45)c(=O)n32)c(OC)c1. The van der Waals surface area contributed by atoms with Gasteiger partial charge in [0.1, 0.15) is 23.3 Å². The Kier molecular flexibility index (Phi) is 8.76. The van der Waals surface area contributed by atoms with Gasteiger partial charge in [0, 0.05) is 22.7 Å². The van der Waals surface area contributed by atoms with Crippen molar-refractivity contribution in [2.75, 3.05) is 26.1 Å². The van der Waals surface area contributed by atoms with Crippen LogP contribution in [0.25, 0.3) is 16.8 Å². The number of ether oxygens (including phenoxy) is 3. The van der Waals surface area contributed by atoms with Gasteiger partial charge in [-0.15, -0.1) is 0 Å². The van der Waals surface area contributed by atoms with Crippen LogP contribution in [0.15, 0.2) is 106 Å². The van der Waals surface area contributed by atoms with E-state index in [-0.39, 0.29) is 11.5 Å². The number of thiazole rings is 1. The number of nitrogens with one attached hydrogen (secondary N) is 1. The Morgan fingerprint density at radius 2 is 1.70 bits per heavy atom. The minimum Gasteiger partial charge on any atom is -0.497 e. The highest BCUT2D eigenvalue weighted by Crippen LogP contribution is 2.38. The van der Waals surface area contributed by atoms with Crippen LogP contribution in [-0.2, 0) is 4.79 Å². The van der Waals surface area contributed by atoms with Crippen molar-refractivity contribution in [3.8, 4) is 17.2 Å². The molecule has 0 fully saturated rings. The molecule has 4 aromatic carbocycles. The van der Waals surface area contributed by atoms with E-state index in [0.29, 0.717) is 55.9 Å². The third-order valence-electron chi connectivity index (χ3n) is 7.81. The van der Waals surface area contributed by atoms with Gasteiger partial charge in [0.25, 0.3) is 11.5 Å². The van der Waals surface area contributed by atoms with E-state index >= 15 is 0 Å². The highest BCUT2D eigenvalue weighted by atomic mass is 32.1. The van der Waals surface area contributed by atoms with Gasteiger partial charge in [-0.05, 0) is 60.2 Å². The van der Waals surface area contributed by atoms with Crippen LogP contribution in [0, 0.1) is 5.92 Å². The molecular weight excluding hydrogens is 598 g/mol. The Balaban J connectivity index is 1.53. The van der Waals surface area contributed by atoms with Crippen LogP contribution in [0.4, 0.5) is 5.69 Å². The van der Waals surface area contributed by atoms with E-state index in [4.69, 9.17) is 19.2 Å². The summed E-state index contributed by atoms with van der Waals surface area (Å²) in [5, 5.41) is 4.93. The van der Waals surface area contributed by atoms with Gasteiger partial charge in [-0.25, -0.2) is 4.99 Å². The van der Waals surface area contributed by atoms with E-state index < -0.39 is 6.04 Å². The van der Waals surface area contributed by atoms with E-state index in [9.17, 15) is 9.59 Å². The van der Waals surface area contributed by atoms with Crippen LogP contribution >= 0.6 is 11.3 Å². The van der Waals surface area contributed by atoms with Crippen LogP contribution in [0.2, 0.25) is 0 Å². The summed E-state index contributed by atoms with van der Waals surface area (Å²) in [4.78, 5) is 33.6. The molecule has 6 rings (SSSR count). The summed E-state index contributed by atoms with van der Waals surface area (Å²) in [6.07, 6.45) is 1.89. The average Bonchev–Trinajstić information content (AvgIpc) is 3.37. The van der Waals surface area contributed by atoms with E-state index in [1.54, 1.807) is 37.8 Å². The largest absolute Gasteiger partial charge is 0.497 e. The number of fused-ring (bicyclic) bond motifs is 2. The summed E-state index contributed by atoms with van der Waals surface area (Å²) in [5.41, 5.74) is 2.77. The lowest BCUT2D eigenvalue weighted by atomic mass is 9.94. The maximum absolute atomic E-state index is 14.4. The Hall–Kier alpha value is -5.15. The van der Waals surface area contributed by atoms with Crippen LogP contribution in [0.1, 0.15) is 37.9 Å². The highest BCUT2D eigenvalue weighted by molar-refractivity contribution is 7.07. The zero-order valence-electron chi connectivity index (χ0n) is 26.4. The quantitative estimate of drug-likeness (QED) is 0.213. The minimum absolute atomic E-state index is 0.256. The summed E-state index contributed by atoms with van der Waals surface area (Å²) in [7, 11) is 3.13. The molecule has 1 amide bonds. The van der Waals surface area contributed by atoms with E-state index in [0.717, 1.165) is 22.1 Å². The molecule has 8 nitrogen and oxygen atoms in total. The van der Waals surface area contributed by atoms with Gasteiger partial charge >= 0.3 is 0 Å².